The number of hydrogen-bond acceptors (Lipinski definition) is 6. The fourth-order valence-corrected chi connectivity index (χ4v) is 10.9. The molecular weight excluding hydrogens is 635 g/mol. The van der Waals surface area contributed by atoms with Crippen LogP contribution in [0.3, 0.4) is 0 Å². The van der Waals surface area contributed by atoms with Crippen molar-refractivity contribution in [1.29, 1.82) is 0 Å². The molecule has 7 atom stereocenters. The molecule has 3 aromatic rings. The average Bonchev–Trinajstić information content (AvgIpc) is 3.69. The Kier molecular flexibility index (Phi) is 9.96. The molecular formula is C40H47N3O5S. The van der Waals surface area contributed by atoms with E-state index < -0.39 is 28.7 Å². The maximum atomic E-state index is 15.2. The quantitative estimate of drug-likeness (QED) is 0.212. The molecule has 3 saturated heterocycles. The number of ether oxygens (including phenoxy) is 1. The summed E-state index contributed by atoms with van der Waals surface area (Å²) in [6.07, 6.45) is 4.10. The summed E-state index contributed by atoms with van der Waals surface area (Å²) in [5, 5.41) is 12.7. The molecule has 0 saturated carbocycles. The fourth-order valence-electron chi connectivity index (χ4n) is 8.46. The van der Waals surface area contributed by atoms with Gasteiger partial charge in [-0.1, -0.05) is 63.3 Å². The van der Waals surface area contributed by atoms with Crippen LogP contribution in [-0.2, 0) is 14.4 Å². The lowest BCUT2D eigenvalue weighted by Crippen LogP contribution is -2.60. The number of rotatable bonds is 13. The van der Waals surface area contributed by atoms with Crippen molar-refractivity contribution in [3.63, 3.8) is 0 Å². The molecule has 3 aliphatic heterocycles. The van der Waals surface area contributed by atoms with Crippen molar-refractivity contribution in [2.24, 2.45) is 23.7 Å². The lowest BCUT2D eigenvalue weighted by molar-refractivity contribution is -0.142. The molecule has 9 heteroatoms. The summed E-state index contributed by atoms with van der Waals surface area (Å²) in [6, 6.07) is 19.9. The van der Waals surface area contributed by atoms with Crippen molar-refractivity contribution in [1.82, 2.24) is 4.90 Å². The number of amides is 3. The standard InChI is InChI=1S/C40H47N3O5S/c1-7-20-41(29-16-18-31(19-17-29)48-9-3)37(45)34-33-22-26(6)40(49-33)35(34)38(46)43(32(24-44)25(4)5)36(40)39(47)42(21-8-2)30-15-14-27-12-10-11-13-28(27)23-30/h7-8,10-19,23,25-26,32-36,44H,1-2,9,20-22,24H2,3-6H3/t26?,32-,33+,34-,35-,36?,40?/m0/s1. The maximum Gasteiger partial charge on any atom is 0.251 e. The Bertz CT molecular complexity index is 1740. The van der Waals surface area contributed by atoms with Crippen LogP contribution in [0.15, 0.2) is 92.0 Å². The first-order chi connectivity index (χ1) is 23.6. The molecule has 3 heterocycles. The van der Waals surface area contributed by atoms with Crippen molar-refractivity contribution >= 4 is 51.6 Å². The van der Waals surface area contributed by atoms with Gasteiger partial charge in [-0.15, -0.1) is 24.9 Å². The van der Waals surface area contributed by atoms with Crippen molar-refractivity contribution < 1.29 is 24.2 Å². The van der Waals surface area contributed by atoms with Gasteiger partial charge in [0.2, 0.25) is 11.8 Å². The third kappa shape index (κ3) is 5.74. The van der Waals surface area contributed by atoms with Gasteiger partial charge in [-0.25, -0.2) is 0 Å². The molecule has 6 rings (SSSR count). The van der Waals surface area contributed by atoms with Crippen LogP contribution in [0.25, 0.3) is 10.8 Å². The number of nitrogens with zero attached hydrogens (tertiary/aromatic N) is 3. The van der Waals surface area contributed by atoms with E-state index in [9.17, 15) is 14.7 Å². The molecule has 3 aliphatic rings. The van der Waals surface area contributed by atoms with E-state index in [4.69, 9.17) is 4.74 Å². The van der Waals surface area contributed by atoms with E-state index in [-0.39, 0.29) is 54.5 Å². The molecule has 49 heavy (non-hydrogen) atoms. The number of benzene rings is 3. The monoisotopic (exact) mass is 681 g/mol. The first-order valence-electron chi connectivity index (χ1n) is 17.3. The van der Waals surface area contributed by atoms with Gasteiger partial charge in [0.15, 0.2) is 0 Å². The summed E-state index contributed by atoms with van der Waals surface area (Å²) in [7, 11) is 0. The summed E-state index contributed by atoms with van der Waals surface area (Å²) < 4.78 is 4.78. The van der Waals surface area contributed by atoms with Gasteiger partial charge < -0.3 is 24.5 Å². The molecule has 3 amide bonds. The zero-order valence-electron chi connectivity index (χ0n) is 28.8. The second-order valence-electron chi connectivity index (χ2n) is 13.7. The number of fused-ring (bicyclic) bond motifs is 2. The Morgan fingerprint density at radius 2 is 1.63 bits per heavy atom. The zero-order valence-corrected chi connectivity index (χ0v) is 29.6. The SMILES string of the molecule is C=CCN(C(=O)C1N([C@@H](CO)C(C)C)C(=O)[C@@H]2[C@@H](C(=O)N(CC=C)c3ccc(OCC)cc3)[C@H]3CC(C)C12S3)c1ccc2ccccc2c1. The van der Waals surface area contributed by atoms with Gasteiger partial charge in [-0.3, -0.25) is 14.4 Å². The Morgan fingerprint density at radius 1 is 1.00 bits per heavy atom. The predicted molar refractivity (Wildman–Crippen MR) is 198 cm³/mol. The van der Waals surface area contributed by atoms with Crippen molar-refractivity contribution in [2.75, 3.05) is 36.1 Å². The van der Waals surface area contributed by atoms with Gasteiger partial charge in [0.05, 0.1) is 35.8 Å². The van der Waals surface area contributed by atoms with E-state index >= 15 is 4.79 Å². The van der Waals surface area contributed by atoms with Crippen LogP contribution < -0.4 is 14.5 Å². The number of carbonyl (C=O) groups is 3. The van der Waals surface area contributed by atoms with E-state index in [0.29, 0.717) is 30.2 Å². The van der Waals surface area contributed by atoms with E-state index in [1.165, 1.54) is 0 Å². The van der Waals surface area contributed by atoms with Crippen LogP contribution in [-0.4, -0.2) is 76.1 Å². The molecule has 3 unspecified atom stereocenters. The second-order valence-corrected chi connectivity index (χ2v) is 15.3. The van der Waals surface area contributed by atoms with E-state index in [1.54, 1.807) is 38.6 Å². The van der Waals surface area contributed by atoms with Crippen LogP contribution >= 0.6 is 11.8 Å². The first kappa shape index (κ1) is 34.8. The fraction of sp³-hybridized carbons (Fsp3) is 0.425. The van der Waals surface area contributed by atoms with Crippen molar-refractivity contribution in [3.05, 3.63) is 92.0 Å². The molecule has 0 aliphatic carbocycles. The summed E-state index contributed by atoms with van der Waals surface area (Å²) in [6.45, 7) is 16.6. The van der Waals surface area contributed by atoms with Crippen LogP contribution in [0.4, 0.5) is 11.4 Å². The highest BCUT2D eigenvalue weighted by atomic mass is 32.2. The van der Waals surface area contributed by atoms with Crippen LogP contribution in [0, 0.1) is 23.7 Å². The third-order valence-corrected chi connectivity index (χ3v) is 12.8. The van der Waals surface area contributed by atoms with Gasteiger partial charge in [0.1, 0.15) is 11.8 Å². The highest BCUT2D eigenvalue weighted by Gasteiger charge is 2.77. The van der Waals surface area contributed by atoms with Gasteiger partial charge in [-0.05, 0) is 72.4 Å². The van der Waals surface area contributed by atoms with E-state index in [2.05, 4.69) is 20.1 Å². The number of aliphatic hydroxyl groups is 1. The minimum absolute atomic E-state index is 0.0218. The second kappa shape index (κ2) is 14.0. The molecule has 258 valence electrons. The summed E-state index contributed by atoms with van der Waals surface area (Å²) in [5.41, 5.74) is 1.41. The molecule has 3 fully saturated rings. The highest BCUT2D eigenvalue weighted by molar-refractivity contribution is 8.02. The van der Waals surface area contributed by atoms with Gasteiger partial charge in [0.25, 0.3) is 5.91 Å². The Hall–Kier alpha value is -4.08. The minimum Gasteiger partial charge on any atom is -0.494 e. The van der Waals surface area contributed by atoms with Crippen molar-refractivity contribution in [3.8, 4) is 5.75 Å². The minimum atomic E-state index is -0.878. The molecule has 8 nitrogen and oxygen atoms in total. The summed E-state index contributed by atoms with van der Waals surface area (Å²) in [5.74, 6) is -1.39. The van der Waals surface area contributed by atoms with Crippen molar-refractivity contribution in [2.45, 2.75) is 56.2 Å². The molecule has 3 aromatic carbocycles. The zero-order chi connectivity index (χ0) is 35.0. The lowest BCUT2D eigenvalue weighted by Gasteiger charge is -2.43. The largest absolute Gasteiger partial charge is 0.494 e. The molecule has 1 spiro atoms. The summed E-state index contributed by atoms with van der Waals surface area (Å²) in [4.78, 5) is 50.1. The number of aliphatic hydroxyl groups excluding tert-OH is 1. The molecule has 2 bridgehead atoms. The van der Waals surface area contributed by atoms with Gasteiger partial charge in [0, 0.05) is 29.7 Å². The normalized spacial score (nSPS) is 26.1. The number of hydrogen-bond donors (Lipinski definition) is 1. The Labute approximate surface area is 293 Å². The van der Waals surface area contributed by atoms with Gasteiger partial charge in [-0.2, -0.15) is 0 Å². The Morgan fingerprint density at radius 3 is 2.24 bits per heavy atom. The maximum absolute atomic E-state index is 15.2. The Balaban J connectivity index is 1.45. The summed E-state index contributed by atoms with van der Waals surface area (Å²) >= 11 is 1.64. The average molecular weight is 682 g/mol. The number of anilines is 2. The number of carbonyl (C=O) groups excluding carboxylic acids is 3. The smallest absolute Gasteiger partial charge is 0.251 e. The molecule has 0 aromatic heterocycles. The number of thioether (sulfide) groups is 1. The van der Waals surface area contributed by atoms with Gasteiger partial charge >= 0.3 is 0 Å². The third-order valence-electron chi connectivity index (χ3n) is 10.7. The van der Waals surface area contributed by atoms with Crippen LogP contribution in [0.1, 0.15) is 34.1 Å². The van der Waals surface area contributed by atoms with Crippen LogP contribution in [0.5, 0.6) is 5.75 Å². The van der Waals surface area contributed by atoms with Crippen LogP contribution in [0.2, 0.25) is 0 Å². The number of likely N-dealkylation sites (tertiary alicyclic amines) is 1. The van der Waals surface area contributed by atoms with E-state index in [0.717, 1.165) is 10.8 Å². The topological polar surface area (TPSA) is 90.4 Å². The van der Waals surface area contributed by atoms with E-state index in [1.807, 2.05) is 87.5 Å². The first-order valence-corrected chi connectivity index (χ1v) is 18.2. The molecule has 0 radical (unpaired) electrons. The predicted octanol–water partition coefficient (Wildman–Crippen LogP) is 6.33. The lowest BCUT2D eigenvalue weighted by atomic mass is 9.65. The molecule has 1 N–H and O–H groups in total. The highest BCUT2D eigenvalue weighted by Crippen LogP contribution is 2.69.